The van der Waals surface area contributed by atoms with Gasteiger partial charge >= 0.3 is 0 Å². The average molecular weight is 313 g/mol. The first-order chi connectivity index (χ1) is 10.1. The third-order valence-corrected chi connectivity index (χ3v) is 5.36. The molecule has 1 aliphatic heterocycles. The van der Waals surface area contributed by atoms with Crippen LogP contribution in [0, 0.1) is 0 Å². The molecule has 1 aromatic heterocycles. The predicted molar refractivity (Wildman–Crippen MR) is 80.4 cm³/mol. The van der Waals surface area contributed by atoms with Gasteiger partial charge in [0.25, 0.3) is 10.0 Å². The summed E-state index contributed by atoms with van der Waals surface area (Å²) in [5, 5.41) is 3.37. The molecule has 7 heteroatoms. The number of aromatic nitrogens is 1. The van der Waals surface area contributed by atoms with Gasteiger partial charge in [0.2, 0.25) is 0 Å². The standard InChI is InChI=1S/C14H23N3O3S/c1-3-6-15-9-13-4-5-14(16-10-13)21(18,19)17-7-8-20-11-12(17)2/h4-5,10,12,15H,3,6-9,11H2,1-2H3. The SMILES string of the molecule is CCCNCc1ccc(S(=O)(=O)N2CCOCC2C)nc1. The van der Waals surface area contributed by atoms with E-state index in [1.54, 1.807) is 12.3 Å². The Hall–Kier alpha value is -1.02. The van der Waals surface area contributed by atoms with Gasteiger partial charge in [-0.05, 0) is 31.5 Å². The maximum atomic E-state index is 12.6. The van der Waals surface area contributed by atoms with Crippen LogP contribution in [-0.2, 0) is 21.3 Å². The van der Waals surface area contributed by atoms with Gasteiger partial charge in [0.1, 0.15) is 0 Å². The minimum atomic E-state index is -3.53. The van der Waals surface area contributed by atoms with Gasteiger partial charge in [-0.3, -0.25) is 0 Å². The zero-order chi connectivity index (χ0) is 15.3. The number of nitrogens with one attached hydrogen (secondary N) is 1. The van der Waals surface area contributed by atoms with Crippen molar-refractivity contribution in [3.63, 3.8) is 0 Å². The third-order valence-electron chi connectivity index (χ3n) is 3.43. The monoisotopic (exact) mass is 313 g/mol. The van der Waals surface area contributed by atoms with E-state index in [1.807, 2.05) is 13.0 Å². The average Bonchev–Trinajstić information content (AvgIpc) is 2.48. The molecule has 2 heterocycles. The molecular formula is C14H23N3O3S. The highest BCUT2D eigenvalue weighted by molar-refractivity contribution is 7.89. The van der Waals surface area contributed by atoms with Gasteiger partial charge in [0.05, 0.1) is 13.2 Å². The van der Waals surface area contributed by atoms with E-state index < -0.39 is 10.0 Å². The van der Waals surface area contributed by atoms with E-state index in [-0.39, 0.29) is 11.1 Å². The van der Waals surface area contributed by atoms with E-state index >= 15 is 0 Å². The summed E-state index contributed by atoms with van der Waals surface area (Å²) in [6.07, 6.45) is 2.69. The van der Waals surface area contributed by atoms with Crippen molar-refractivity contribution in [2.45, 2.75) is 37.9 Å². The lowest BCUT2D eigenvalue weighted by molar-refractivity contribution is 0.0391. The number of rotatable bonds is 6. The first-order valence-electron chi connectivity index (χ1n) is 7.31. The quantitative estimate of drug-likeness (QED) is 0.793. The fourth-order valence-corrected chi connectivity index (χ4v) is 3.78. The molecule has 2 rings (SSSR count). The van der Waals surface area contributed by atoms with Crippen molar-refractivity contribution >= 4 is 10.0 Å². The van der Waals surface area contributed by atoms with Crippen LogP contribution in [0.25, 0.3) is 0 Å². The van der Waals surface area contributed by atoms with E-state index in [2.05, 4.69) is 17.2 Å². The van der Waals surface area contributed by atoms with Gasteiger partial charge < -0.3 is 10.1 Å². The van der Waals surface area contributed by atoms with Gasteiger partial charge in [0.15, 0.2) is 5.03 Å². The van der Waals surface area contributed by atoms with E-state index in [4.69, 9.17) is 4.74 Å². The molecule has 6 nitrogen and oxygen atoms in total. The Morgan fingerprint density at radius 1 is 1.48 bits per heavy atom. The van der Waals surface area contributed by atoms with Gasteiger partial charge in [0, 0.05) is 25.3 Å². The number of hydrogen-bond donors (Lipinski definition) is 1. The molecule has 0 radical (unpaired) electrons. The maximum Gasteiger partial charge on any atom is 0.260 e. The minimum Gasteiger partial charge on any atom is -0.378 e. The van der Waals surface area contributed by atoms with E-state index in [1.165, 1.54) is 4.31 Å². The molecule has 0 aliphatic carbocycles. The van der Waals surface area contributed by atoms with E-state index in [9.17, 15) is 8.42 Å². The number of ether oxygens (including phenoxy) is 1. The molecule has 0 aromatic carbocycles. The Kier molecular flexibility index (Phi) is 5.69. The Balaban J connectivity index is 2.09. The molecule has 1 unspecified atom stereocenters. The second-order valence-electron chi connectivity index (χ2n) is 5.22. The molecule has 0 saturated carbocycles. The van der Waals surface area contributed by atoms with E-state index in [0.29, 0.717) is 26.3 Å². The molecule has 1 saturated heterocycles. The zero-order valence-electron chi connectivity index (χ0n) is 12.6. The summed E-state index contributed by atoms with van der Waals surface area (Å²) in [5.74, 6) is 0. The normalized spacial score (nSPS) is 20.6. The van der Waals surface area contributed by atoms with Crippen LogP contribution in [0.5, 0.6) is 0 Å². The summed E-state index contributed by atoms with van der Waals surface area (Å²) in [4.78, 5) is 4.13. The fourth-order valence-electron chi connectivity index (χ4n) is 2.27. The smallest absolute Gasteiger partial charge is 0.260 e. The van der Waals surface area contributed by atoms with Gasteiger partial charge in [-0.1, -0.05) is 13.0 Å². The van der Waals surface area contributed by atoms with Crippen LogP contribution in [0.4, 0.5) is 0 Å². The van der Waals surface area contributed by atoms with Crippen molar-refractivity contribution in [3.8, 4) is 0 Å². The van der Waals surface area contributed by atoms with Gasteiger partial charge in [-0.15, -0.1) is 0 Å². The van der Waals surface area contributed by atoms with E-state index in [0.717, 1.165) is 18.5 Å². The van der Waals surface area contributed by atoms with Crippen molar-refractivity contribution in [2.24, 2.45) is 0 Å². The lowest BCUT2D eigenvalue weighted by Gasteiger charge is -2.31. The molecule has 1 N–H and O–H groups in total. The molecule has 118 valence electrons. The Morgan fingerprint density at radius 3 is 2.90 bits per heavy atom. The van der Waals surface area contributed by atoms with Crippen molar-refractivity contribution in [3.05, 3.63) is 23.9 Å². The van der Waals surface area contributed by atoms with Crippen LogP contribution >= 0.6 is 0 Å². The van der Waals surface area contributed by atoms with Gasteiger partial charge in [-0.2, -0.15) is 4.31 Å². The summed E-state index contributed by atoms with van der Waals surface area (Å²) < 4.78 is 31.9. The highest BCUT2D eigenvalue weighted by Crippen LogP contribution is 2.18. The molecule has 1 aliphatic rings. The summed E-state index contributed by atoms with van der Waals surface area (Å²) in [5.41, 5.74) is 0.984. The summed E-state index contributed by atoms with van der Waals surface area (Å²) in [6.45, 7) is 6.83. The van der Waals surface area contributed by atoms with Crippen LogP contribution in [-0.4, -0.2) is 50.1 Å². The molecule has 0 spiro atoms. The summed E-state index contributed by atoms with van der Waals surface area (Å²) >= 11 is 0. The van der Waals surface area contributed by atoms with Crippen LogP contribution in [0.1, 0.15) is 25.8 Å². The zero-order valence-corrected chi connectivity index (χ0v) is 13.4. The lowest BCUT2D eigenvalue weighted by Crippen LogP contribution is -2.47. The highest BCUT2D eigenvalue weighted by Gasteiger charge is 2.32. The van der Waals surface area contributed by atoms with Crippen molar-refractivity contribution in [1.29, 1.82) is 0 Å². The molecule has 0 amide bonds. The molecule has 1 fully saturated rings. The first kappa shape index (κ1) is 16.4. The number of pyridine rings is 1. The Morgan fingerprint density at radius 2 is 2.29 bits per heavy atom. The number of nitrogens with zero attached hydrogens (tertiary/aromatic N) is 2. The molecule has 0 bridgehead atoms. The minimum absolute atomic E-state index is 0.107. The van der Waals surface area contributed by atoms with Crippen LogP contribution in [0.2, 0.25) is 0 Å². The number of morpholine rings is 1. The van der Waals surface area contributed by atoms with Crippen LogP contribution in [0.3, 0.4) is 0 Å². The molecule has 1 aromatic rings. The molecule has 21 heavy (non-hydrogen) atoms. The largest absolute Gasteiger partial charge is 0.378 e. The summed E-state index contributed by atoms with van der Waals surface area (Å²) in [6, 6.07) is 3.24. The fraction of sp³-hybridized carbons (Fsp3) is 0.643. The van der Waals surface area contributed by atoms with Gasteiger partial charge in [-0.25, -0.2) is 13.4 Å². The molecular weight excluding hydrogens is 290 g/mol. The number of sulfonamides is 1. The highest BCUT2D eigenvalue weighted by atomic mass is 32.2. The topological polar surface area (TPSA) is 71.5 Å². The van der Waals surface area contributed by atoms with Crippen LogP contribution < -0.4 is 5.32 Å². The van der Waals surface area contributed by atoms with Crippen molar-refractivity contribution < 1.29 is 13.2 Å². The predicted octanol–water partition coefficient (Wildman–Crippen LogP) is 0.991. The lowest BCUT2D eigenvalue weighted by atomic mass is 10.3. The number of hydrogen-bond acceptors (Lipinski definition) is 5. The third kappa shape index (κ3) is 4.00. The molecule has 1 atom stereocenters. The summed E-state index contributed by atoms with van der Waals surface area (Å²) in [7, 11) is -3.53. The van der Waals surface area contributed by atoms with Crippen LogP contribution in [0.15, 0.2) is 23.4 Å². The first-order valence-corrected chi connectivity index (χ1v) is 8.75. The maximum absolute atomic E-state index is 12.6. The Labute approximate surface area is 126 Å². The van der Waals surface area contributed by atoms with Crippen molar-refractivity contribution in [1.82, 2.24) is 14.6 Å². The Bertz CT molecular complexity index is 545. The second-order valence-corrected chi connectivity index (χ2v) is 7.06. The van der Waals surface area contributed by atoms with Crippen molar-refractivity contribution in [2.75, 3.05) is 26.3 Å². The second kappa shape index (κ2) is 7.31.